The first-order chi connectivity index (χ1) is 17.0. The number of halogens is 1. The summed E-state index contributed by atoms with van der Waals surface area (Å²) in [7, 11) is 0. The van der Waals surface area contributed by atoms with E-state index in [2.05, 4.69) is 28.6 Å². The van der Waals surface area contributed by atoms with Crippen molar-refractivity contribution in [2.45, 2.75) is 68.2 Å². The van der Waals surface area contributed by atoms with Gasteiger partial charge in [0.1, 0.15) is 16.5 Å². The van der Waals surface area contributed by atoms with Gasteiger partial charge in [0.15, 0.2) is 5.82 Å². The number of aliphatic hydroxyl groups is 2. The van der Waals surface area contributed by atoms with Gasteiger partial charge in [-0.05, 0) is 44.6 Å². The molecule has 0 amide bonds. The van der Waals surface area contributed by atoms with Crippen LogP contribution in [0.15, 0.2) is 28.4 Å². The lowest BCUT2D eigenvalue weighted by atomic mass is 9.70. The molecule has 35 heavy (non-hydrogen) atoms. The highest BCUT2D eigenvalue weighted by Gasteiger charge is 2.47. The summed E-state index contributed by atoms with van der Waals surface area (Å²) in [6.07, 6.45) is 7.87. The second-order valence-electron chi connectivity index (χ2n) is 10.0. The monoisotopic (exact) mass is 519 g/mol. The standard InChI is InChI=1S/C25H34ClN5O3S/c1-16-17(2)34-15-25(16)6-10-30(11-7-25)23-19(14-33)29-21(12-28-23)35-20-5-8-27-24(22(20)26)31-9-3-4-18(31)13-32/h5,8,12,16-18,32-33H,3-4,6-7,9-11,13-15H2,1-2H3/t16-,17+,18?/m1/s1. The Balaban J connectivity index is 1.31. The van der Waals surface area contributed by atoms with Crippen LogP contribution in [0.5, 0.6) is 0 Å². The third kappa shape index (κ3) is 4.73. The van der Waals surface area contributed by atoms with Gasteiger partial charge in [-0.25, -0.2) is 15.0 Å². The van der Waals surface area contributed by atoms with E-state index in [1.165, 1.54) is 11.8 Å². The SMILES string of the molecule is C[C@@H]1OCC2(CCN(c3ncc(Sc4ccnc(N5CCCC5CO)c4Cl)nc3CO)CC2)[C@@H]1C. The molecule has 8 nitrogen and oxygen atoms in total. The number of nitrogens with zero attached hydrogens (tertiary/aromatic N) is 5. The first-order valence-electron chi connectivity index (χ1n) is 12.5. The summed E-state index contributed by atoms with van der Waals surface area (Å²) in [4.78, 5) is 19.1. The maximum atomic E-state index is 10.1. The fourth-order valence-electron chi connectivity index (χ4n) is 5.77. The van der Waals surface area contributed by atoms with E-state index >= 15 is 0 Å². The normalized spacial score (nSPS) is 26.1. The fourth-order valence-corrected chi connectivity index (χ4v) is 6.90. The quantitative estimate of drug-likeness (QED) is 0.591. The van der Waals surface area contributed by atoms with Crippen LogP contribution in [0.3, 0.4) is 0 Å². The Morgan fingerprint density at radius 3 is 2.66 bits per heavy atom. The summed E-state index contributed by atoms with van der Waals surface area (Å²) < 4.78 is 5.96. The van der Waals surface area contributed by atoms with E-state index in [-0.39, 0.29) is 24.7 Å². The summed E-state index contributed by atoms with van der Waals surface area (Å²) in [5, 5.41) is 21.0. The summed E-state index contributed by atoms with van der Waals surface area (Å²) in [6, 6.07) is 1.91. The molecule has 3 aliphatic rings. The summed E-state index contributed by atoms with van der Waals surface area (Å²) >= 11 is 8.16. The van der Waals surface area contributed by atoms with Crippen LogP contribution in [0.1, 0.15) is 45.2 Å². The molecule has 3 fully saturated rings. The minimum Gasteiger partial charge on any atom is -0.394 e. The van der Waals surface area contributed by atoms with Gasteiger partial charge in [-0.3, -0.25) is 0 Å². The van der Waals surface area contributed by atoms with Crippen LogP contribution in [0.4, 0.5) is 11.6 Å². The number of pyridine rings is 1. The Labute approximate surface area is 216 Å². The molecule has 0 saturated carbocycles. The first-order valence-corrected chi connectivity index (χ1v) is 13.7. The minimum atomic E-state index is -0.170. The fraction of sp³-hybridized carbons (Fsp3) is 0.640. The molecule has 190 valence electrons. The number of aliphatic hydroxyl groups excluding tert-OH is 2. The molecule has 10 heteroatoms. The molecular formula is C25H34ClN5O3S. The van der Waals surface area contributed by atoms with Crippen LogP contribution in [-0.4, -0.2) is 70.2 Å². The van der Waals surface area contributed by atoms with Gasteiger partial charge in [-0.15, -0.1) is 0 Å². The molecule has 0 aliphatic carbocycles. The van der Waals surface area contributed by atoms with Gasteiger partial charge in [0.2, 0.25) is 0 Å². The Morgan fingerprint density at radius 1 is 1.17 bits per heavy atom. The van der Waals surface area contributed by atoms with Gasteiger partial charge in [0, 0.05) is 36.1 Å². The predicted molar refractivity (Wildman–Crippen MR) is 137 cm³/mol. The van der Waals surface area contributed by atoms with E-state index in [4.69, 9.17) is 26.3 Å². The molecule has 3 atom stereocenters. The molecule has 5 heterocycles. The molecular weight excluding hydrogens is 486 g/mol. The van der Waals surface area contributed by atoms with Crippen LogP contribution in [-0.2, 0) is 11.3 Å². The largest absolute Gasteiger partial charge is 0.394 e. The van der Waals surface area contributed by atoms with Gasteiger partial charge < -0.3 is 24.7 Å². The molecule has 1 unspecified atom stereocenters. The van der Waals surface area contributed by atoms with E-state index in [1.54, 1.807) is 12.4 Å². The van der Waals surface area contributed by atoms with Crippen LogP contribution in [0, 0.1) is 11.3 Å². The van der Waals surface area contributed by atoms with Crippen LogP contribution >= 0.6 is 23.4 Å². The molecule has 2 N–H and O–H groups in total. The predicted octanol–water partition coefficient (Wildman–Crippen LogP) is 3.77. The molecule has 0 radical (unpaired) electrons. The number of rotatable bonds is 6. The van der Waals surface area contributed by atoms with E-state index in [0.29, 0.717) is 33.6 Å². The zero-order valence-corrected chi connectivity index (χ0v) is 21.9. The van der Waals surface area contributed by atoms with E-state index < -0.39 is 0 Å². The third-order valence-electron chi connectivity index (χ3n) is 8.22. The molecule has 1 spiro atoms. The highest BCUT2D eigenvalue weighted by molar-refractivity contribution is 7.99. The van der Waals surface area contributed by atoms with Crippen LogP contribution in [0.2, 0.25) is 5.02 Å². The van der Waals surface area contributed by atoms with Crippen molar-refractivity contribution in [2.24, 2.45) is 11.3 Å². The van der Waals surface area contributed by atoms with Crippen LogP contribution < -0.4 is 9.80 Å². The lowest BCUT2D eigenvalue weighted by molar-refractivity contribution is 0.0969. The molecule has 5 rings (SSSR count). The highest BCUT2D eigenvalue weighted by Crippen LogP contribution is 2.47. The maximum Gasteiger partial charge on any atom is 0.152 e. The van der Waals surface area contributed by atoms with Crippen molar-refractivity contribution >= 4 is 35.0 Å². The van der Waals surface area contributed by atoms with Crippen molar-refractivity contribution < 1.29 is 14.9 Å². The molecule has 0 aromatic carbocycles. The summed E-state index contributed by atoms with van der Waals surface area (Å²) in [5.74, 6) is 2.01. The smallest absolute Gasteiger partial charge is 0.152 e. The lowest BCUT2D eigenvalue weighted by Gasteiger charge is -2.42. The van der Waals surface area contributed by atoms with E-state index in [0.717, 1.165) is 62.6 Å². The van der Waals surface area contributed by atoms with Gasteiger partial charge in [0.25, 0.3) is 0 Å². The molecule has 2 aromatic rings. The number of ether oxygens (including phenoxy) is 1. The second-order valence-corrected chi connectivity index (χ2v) is 11.5. The number of aromatic nitrogens is 3. The number of anilines is 2. The van der Waals surface area contributed by atoms with Gasteiger partial charge in [-0.1, -0.05) is 30.3 Å². The Bertz CT molecular complexity index is 1050. The van der Waals surface area contributed by atoms with Crippen molar-refractivity contribution in [3.8, 4) is 0 Å². The summed E-state index contributed by atoms with van der Waals surface area (Å²) in [6.45, 7) is 7.83. The van der Waals surface area contributed by atoms with E-state index in [9.17, 15) is 10.2 Å². The lowest BCUT2D eigenvalue weighted by Crippen LogP contribution is -2.44. The number of piperidine rings is 1. The molecule has 2 aromatic heterocycles. The minimum absolute atomic E-state index is 0.0472. The zero-order valence-electron chi connectivity index (χ0n) is 20.4. The van der Waals surface area contributed by atoms with Gasteiger partial charge in [-0.2, -0.15) is 0 Å². The molecule has 3 aliphatic heterocycles. The van der Waals surface area contributed by atoms with Crippen molar-refractivity contribution in [3.63, 3.8) is 0 Å². The Kier molecular flexibility index (Phi) is 7.42. The zero-order chi connectivity index (χ0) is 24.6. The molecule has 0 bridgehead atoms. The average Bonchev–Trinajstić information content (AvgIpc) is 3.46. The van der Waals surface area contributed by atoms with Crippen molar-refractivity contribution in [1.82, 2.24) is 15.0 Å². The Hall–Kier alpha value is -1.65. The van der Waals surface area contributed by atoms with Crippen molar-refractivity contribution in [3.05, 3.63) is 29.2 Å². The van der Waals surface area contributed by atoms with Crippen molar-refractivity contribution in [2.75, 3.05) is 42.6 Å². The van der Waals surface area contributed by atoms with Gasteiger partial charge >= 0.3 is 0 Å². The Morgan fingerprint density at radius 2 is 1.97 bits per heavy atom. The van der Waals surface area contributed by atoms with Crippen LogP contribution in [0.25, 0.3) is 0 Å². The maximum absolute atomic E-state index is 10.1. The molecule has 3 saturated heterocycles. The second kappa shape index (κ2) is 10.4. The van der Waals surface area contributed by atoms with Crippen molar-refractivity contribution in [1.29, 1.82) is 0 Å². The number of hydrogen-bond donors (Lipinski definition) is 2. The van der Waals surface area contributed by atoms with Gasteiger partial charge in [0.05, 0.1) is 43.2 Å². The average molecular weight is 520 g/mol. The number of hydrogen-bond acceptors (Lipinski definition) is 9. The topological polar surface area (TPSA) is 94.8 Å². The highest BCUT2D eigenvalue weighted by atomic mass is 35.5. The third-order valence-corrected chi connectivity index (χ3v) is 9.67. The van der Waals surface area contributed by atoms with E-state index in [1.807, 2.05) is 6.07 Å². The first kappa shape index (κ1) is 25.0. The summed E-state index contributed by atoms with van der Waals surface area (Å²) in [5.41, 5.74) is 0.832.